The summed E-state index contributed by atoms with van der Waals surface area (Å²) in [6.45, 7) is 0. The second-order valence-corrected chi connectivity index (χ2v) is 12.9. The maximum Gasteiger partial charge on any atom is 0.160 e. The lowest BCUT2D eigenvalue weighted by atomic mass is 9.93. The molecule has 0 fully saturated rings. The predicted octanol–water partition coefficient (Wildman–Crippen LogP) is 11.7. The highest BCUT2D eigenvalue weighted by Crippen LogP contribution is 2.41. The Morgan fingerprint density at radius 3 is 1.90 bits per heavy atom. The van der Waals surface area contributed by atoms with Crippen LogP contribution in [0.25, 0.3) is 65.7 Å². The number of furan rings is 1. The van der Waals surface area contributed by atoms with Crippen LogP contribution in [-0.4, -0.2) is 11.7 Å². The summed E-state index contributed by atoms with van der Waals surface area (Å²) in [6.07, 6.45) is -0.381. The topological polar surface area (TPSA) is 49.9 Å². The van der Waals surface area contributed by atoms with Crippen molar-refractivity contribution in [1.82, 2.24) is 5.32 Å². The van der Waals surface area contributed by atoms with Gasteiger partial charge in [0.1, 0.15) is 23.2 Å². The van der Waals surface area contributed by atoms with Crippen molar-refractivity contribution in [2.75, 3.05) is 0 Å². The maximum absolute atomic E-state index is 6.74. The molecule has 1 N–H and O–H groups in total. The Balaban J connectivity index is 1.21. The Morgan fingerprint density at radius 2 is 1.08 bits per heavy atom. The van der Waals surface area contributed by atoms with Crippen molar-refractivity contribution >= 4 is 55.2 Å². The lowest BCUT2D eigenvalue weighted by molar-refractivity contribution is 0.669. The van der Waals surface area contributed by atoms with Crippen LogP contribution in [0.2, 0.25) is 0 Å². The quantitative estimate of drug-likeness (QED) is 0.201. The van der Waals surface area contributed by atoms with E-state index in [4.69, 9.17) is 14.4 Å². The molecule has 0 saturated heterocycles. The van der Waals surface area contributed by atoms with Crippen molar-refractivity contribution in [2.45, 2.75) is 6.17 Å². The fourth-order valence-corrected chi connectivity index (χ4v) is 7.59. The van der Waals surface area contributed by atoms with Gasteiger partial charge in [0.05, 0.1) is 0 Å². The van der Waals surface area contributed by atoms with Gasteiger partial charge in [-0.3, -0.25) is 0 Å². The minimum Gasteiger partial charge on any atom is -0.455 e. The molecule has 0 aliphatic carbocycles. The van der Waals surface area contributed by atoms with Gasteiger partial charge in [0, 0.05) is 33.0 Å². The van der Waals surface area contributed by atoms with E-state index < -0.39 is 0 Å². The molecule has 0 bridgehead atoms. The Morgan fingerprint density at radius 1 is 0.451 bits per heavy atom. The molecule has 10 rings (SSSR count). The van der Waals surface area contributed by atoms with Crippen molar-refractivity contribution in [3.63, 3.8) is 0 Å². The third-order valence-corrected chi connectivity index (χ3v) is 9.97. The summed E-state index contributed by atoms with van der Waals surface area (Å²) in [5.41, 5.74) is 9.25. The summed E-state index contributed by atoms with van der Waals surface area (Å²) < 4.78 is 6.74. The Labute approximate surface area is 295 Å². The number of nitrogens with zero attached hydrogens (tertiary/aromatic N) is 2. The molecule has 1 aliphatic rings. The Hall–Kier alpha value is -6.78. The van der Waals surface area contributed by atoms with Gasteiger partial charge in [-0.05, 0) is 56.4 Å². The van der Waals surface area contributed by atoms with Gasteiger partial charge in [0.2, 0.25) is 0 Å². The van der Waals surface area contributed by atoms with Gasteiger partial charge in [-0.15, -0.1) is 0 Å². The predicted molar refractivity (Wildman–Crippen MR) is 211 cm³/mol. The number of benzene rings is 8. The van der Waals surface area contributed by atoms with E-state index in [-0.39, 0.29) is 6.17 Å². The number of para-hydroxylation sites is 1. The van der Waals surface area contributed by atoms with Crippen molar-refractivity contribution in [2.24, 2.45) is 9.98 Å². The van der Waals surface area contributed by atoms with E-state index in [1.54, 1.807) is 0 Å². The molecule has 1 atom stereocenters. The van der Waals surface area contributed by atoms with E-state index in [0.29, 0.717) is 5.84 Å². The number of nitrogens with one attached hydrogen (secondary N) is 1. The van der Waals surface area contributed by atoms with Crippen LogP contribution < -0.4 is 5.32 Å². The number of fused-ring (bicyclic) bond motifs is 5. The Bertz CT molecular complexity index is 2830. The first-order chi connectivity index (χ1) is 25.3. The molecule has 0 radical (unpaired) electrons. The second kappa shape index (κ2) is 12.0. The SMILES string of the molecule is c1ccc(C2=NC(c3ccc(-c4cccc5ccccc45)c4oc5ccccc5c34)=NC(c3ccc(-c4ccccc4)c4ccccc34)N2)cc1. The largest absolute Gasteiger partial charge is 0.455 e. The molecule has 8 aromatic carbocycles. The lowest BCUT2D eigenvalue weighted by Gasteiger charge is -2.25. The fourth-order valence-electron chi connectivity index (χ4n) is 7.59. The van der Waals surface area contributed by atoms with Crippen molar-refractivity contribution in [3.8, 4) is 22.3 Å². The van der Waals surface area contributed by atoms with Gasteiger partial charge in [0.25, 0.3) is 0 Å². The number of hydrogen-bond donors (Lipinski definition) is 1. The summed E-state index contributed by atoms with van der Waals surface area (Å²) >= 11 is 0. The molecule has 1 aromatic heterocycles. The zero-order valence-electron chi connectivity index (χ0n) is 27.6. The van der Waals surface area contributed by atoms with Gasteiger partial charge < -0.3 is 9.73 Å². The number of hydrogen-bond acceptors (Lipinski definition) is 4. The summed E-state index contributed by atoms with van der Waals surface area (Å²) in [5.74, 6) is 1.44. The average molecular weight is 654 g/mol. The van der Waals surface area contributed by atoms with Crippen LogP contribution in [0.15, 0.2) is 190 Å². The van der Waals surface area contributed by atoms with Crippen LogP contribution in [0.1, 0.15) is 22.9 Å². The van der Waals surface area contributed by atoms with Crippen LogP contribution in [0, 0.1) is 0 Å². The Kier molecular flexibility index (Phi) is 6.85. The highest BCUT2D eigenvalue weighted by Gasteiger charge is 2.26. The van der Waals surface area contributed by atoms with Crippen molar-refractivity contribution in [1.29, 1.82) is 0 Å². The van der Waals surface area contributed by atoms with E-state index in [0.717, 1.165) is 61.0 Å². The third kappa shape index (κ3) is 4.92. The zero-order valence-corrected chi connectivity index (χ0v) is 27.6. The smallest absolute Gasteiger partial charge is 0.160 e. The van der Waals surface area contributed by atoms with E-state index in [1.165, 1.54) is 27.3 Å². The first-order valence-electron chi connectivity index (χ1n) is 17.3. The molecule has 0 saturated carbocycles. The molecule has 9 aromatic rings. The molecule has 51 heavy (non-hydrogen) atoms. The molecule has 4 nitrogen and oxygen atoms in total. The summed E-state index contributed by atoms with van der Waals surface area (Å²) in [4.78, 5) is 10.7. The molecule has 4 heteroatoms. The third-order valence-electron chi connectivity index (χ3n) is 9.97. The van der Waals surface area contributed by atoms with E-state index in [1.807, 2.05) is 30.3 Å². The maximum atomic E-state index is 6.74. The van der Waals surface area contributed by atoms with Crippen molar-refractivity contribution in [3.05, 3.63) is 193 Å². The summed E-state index contributed by atoms with van der Waals surface area (Å²) in [6, 6.07) is 61.5. The minimum atomic E-state index is -0.381. The number of rotatable bonds is 5. The van der Waals surface area contributed by atoms with E-state index in [2.05, 4.69) is 151 Å². The van der Waals surface area contributed by atoms with Gasteiger partial charge in [-0.2, -0.15) is 0 Å². The van der Waals surface area contributed by atoms with Gasteiger partial charge >= 0.3 is 0 Å². The normalized spacial score (nSPS) is 14.5. The second-order valence-electron chi connectivity index (χ2n) is 12.9. The molecule has 2 heterocycles. The molecular formula is C47H31N3O. The minimum absolute atomic E-state index is 0.381. The van der Waals surface area contributed by atoms with Gasteiger partial charge in [0.15, 0.2) is 5.84 Å². The summed E-state index contributed by atoms with van der Waals surface area (Å²) in [7, 11) is 0. The molecular weight excluding hydrogens is 623 g/mol. The monoisotopic (exact) mass is 653 g/mol. The molecule has 0 amide bonds. The first-order valence-corrected chi connectivity index (χ1v) is 17.3. The van der Waals surface area contributed by atoms with E-state index >= 15 is 0 Å². The standard InChI is InChI=1S/C47H31N3O/c1-3-14-30(15-4-1)34-26-28-39(37-22-10-9-21-35(34)37)46-48-45(32-17-5-2-6-18-32)49-47(50-46)41-29-27-38(36-24-13-19-31-16-7-8-20-33(31)36)44-43(41)40-23-11-12-25-42(40)51-44/h1-29,46H,(H,48,49,50). The first kappa shape index (κ1) is 29.2. The van der Waals surface area contributed by atoms with Crippen LogP contribution in [0.5, 0.6) is 0 Å². The average Bonchev–Trinajstić information content (AvgIpc) is 3.60. The number of aliphatic imine (C=N–C) groups is 2. The van der Waals surface area contributed by atoms with Gasteiger partial charge in [-0.1, -0.05) is 158 Å². The van der Waals surface area contributed by atoms with Crippen LogP contribution in [0.3, 0.4) is 0 Å². The zero-order chi connectivity index (χ0) is 33.7. The van der Waals surface area contributed by atoms with Gasteiger partial charge in [-0.25, -0.2) is 9.98 Å². The molecule has 1 unspecified atom stereocenters. The highest BCUT2D eigenvalue weighted by atomic mass is 16.3. The molecule has 240 valence electrons. The summed E-state index contributed by atoms with van der Waals surface area (Å²) in [5, 5.41) is 10.5. The lowest BCUT2D eigenvalue weighted by Crippen LogP contribution is -2.33. The van der Waals surface area contributed by atoms with Crippen LogP contribution >= 0.6 is 0 Å². The van der Waals surface area contributed by atoms with Crippen molar-refractivity contribution < 1.29 is 4.42 Å². The molecule has 1 aliphatic heterocycles. The molecule has 0 spiro atoms. The fraction of sp³-hybridized carbons (Fsp3) is 0.0213. The van der Waals surface area contributed by atoms with Crippen LogP contribution in [0.4, 0.5) is 0 Å². The number of amidine groups is 2. The highest BCUT2D eigenvalue weighted by molar-refractivity contribution is 6.24. The van der Waals surface area contributed by atoms with Crippen LogP contribution in [-0.2, 0) is 0 Å². The van der Waals surface area contributed by atoms with E-state index in [9.17, 15) is 0 Å².